The Morgan fingerprint density at radius 2 is 2.14 bits per heavy atom. The lowest BCUT2D eigenvalue weighted by molar-refractivity contribution is -0.384. The van der Waals surface area contributed by atoms with E-state index >= 15 is 0 Å². The van der Waals surface area contributed by atoms with Crippen LogP contribution in [0.15, 0.2) is 22.6 Å². The maximum absolute atomic E-state index is 11.1. The van der Waals surface area contributed by atoms with Crippen molar-refractivity contribution in [2.45, 2.75) is 33.2 Å². The second kappa shape index (κ2) is 6.45. The van der Waals surface area contributed by atoms with Gasteiger partial charge < -0.3 is 9.73 Å². The highest BCUT2D eigenvalue weighted by atomic mass is 16.6. The zero-order chi connectivity index (χ0) is 15.4. The van der Waals surface area contributed by atoms with E-state index in [1.165, 1.54) is 6.07 Å². The minimum absolute atomic E-state index is 0.0227. The van der Waals surface area contributed by atoms with Crippen LogP contribution in [0.25, 0.3) is 11.5 Å². The summed E-state index contributed by atoms with van der Waals surface area (Å²) in [5.74, 6) is 0.662. The van der Waals surface area contributed by atoms with Crippen molar-refractivity contribution in [2.24, 2.45) is 0 Å². The third-order valence-electron chi connectivity index (χ3n) is 3.02. The molecule has 0 radical (unpaired) electrons. The number of nitrogens with zero attached hydrogens (tertiary/aromatic N) is 3. The van der Waals surface area contributed by atoms with E-state index in [0.29, 0.717) is 23.9 Å². The van der Waals surface area contributed by atoms with Crippen LogP contribution in [0, 0.1) is 17.0 Å². The van der Waals surface area contributed by atoms with Crippen molar-refractivity contribution in [1.29, 1.82) is 0 Å². The lowest BCUT2D eigenvalue weighted by Crippen LogP contribution is -2.25. The van der Waals surface area contributed by atoms with Gasteiger partial charge in [0.25, 0.3) is 11.6 Å². The van der Waals surface area contributed by atoms with Crippen LogP contribution in [0.1, 0.15) is 25.3 Å². The number of aromatic nitrogens is 2. The quantitative estimate of drug-likeness (QED) is 0.649. The van der Waals surface area contributed by atoms with Crippen LogP contribution in [0.4, 0.5) is 5.69 Å². The average Bonchev–Trinajstić information content (AvgIpc) is 2.86. The van der Waals surface area contributed by atoms with Crippen molar-refractivity contribution >= 4 is 5.69 Å². The number of hydrogen-bond acceptors (Lipinski definition) is 6. The van der Waals surface area contributed by atoms with Crippen molar-refractivity contribution in [3.63, 3.8) is 0 Å². The molecule has 0 aliphatic carbocycles. The van der Waals surface area contributed by atoms with Gasteiger partial charge in [-0.3, -0.25) is 10.1 Å². The van der Waals surface area contributed by atoms with Gasteiger partial charge in [-0.2, -0.15) is 0 Å². The molecule has 1 N–H and O–H groups in total. The molecule has 0 unspecified atom stereocenters. The SMILES string of the molecule is Cc1cccc([N+](=O)[O-])c1-c1nnc(CCNC(C)C)o1. The van der Waals surface area contributed by atoms with E-state index in [9.17, 15) is 10.1 Å². The summed E-state index contributed by atoms with van der Waals surface area (Å²) in [4.78, 5) is 10.7. The Hall–Kier alpha value is -2.28. The van der Waals surface area contributed by atoms with Crippen LogP contribution in [-0.4, -0.2) is 27.7 Å². The summed E-state index contributed by atoms with van der Waals surface area (Å²) in [6.45, 7) is 6.60. The standard InChI is InChI=1S/C14H18N4O3/c1-9(2)15-8-7-12-16-17-14(21-12)13-10(3)5-4-6-11(13)18(19)20/h4-6,9,15H,7-8H2,1-3H3. The summed E-state index contributed by atoms with van der Waals surface area (Å²) in [5, 5.41) is 22.2. The number of benzene rings is 1. The molecule has 0 aliphatic rings. The van der Waals surface area contributed by atoms with Gasteiger partial charge in [-0.15, -0.1) is 10.2 Å². The fourth-order valence-electron chi connectivity index (χ4n) is 2.01. The Balaban J connectivity index is 2.24. The summed E-state index contributed by atoms with van der Waals surface area (Å²) in [7, 11) is 0. The molecule has 0 atom stereocenters. The highest BCUT2D eigenvalue weighted by Crippen LogP contribution is 2.31. The van der Waals surface area contributed by atoms with Crippen LogP contribution < -0.4 is 5.32 Å². The molecule has 0 fully saturated rings. The summed E-state index contributed by atoms with van der Waals surface area (Å²) < 4.78 is 5.56. The van der Waals surface area contributed by atoms with E-state index in [4.69, 9.17) is 4.42 Å². The lowest BCUT2D eigenvalue weighted by Gasteiger charge is -2.05. The third-order valence-corrected chi connectivity index (χ3v) is 3.02. The molecular weight excluding hydrogens is 272 g/mol. The highest BCUT2D eigenvalue weighted by molar-refractivity contribution is 5.70. The first kappa shape index (κ1) is 15.1. The third kappa shape index (κ3) is 3.63. The second-order valence-electron chi connectivity index (χ2n) is 5.09. The largest absolute Gasteiger partial charge is 0.420 e. The van der Waals surface area contributed by atoms with Crippen LogP contribution in [-0.2, 0) is 6.42 Å². The molecule has 1 aromatic heterocycles. The van der Waals surface area contributed by atoms with E-state index in [1.807, 2.05) is 0 Å². The molecule has 0 spiro atoms. The Bertz CT molecular complexity index is 637. The van der Waals surface area contributed by atoms with Gasteiger partial charge in [0.15, 0.2) is 0 Å². The topological polar surface area (TPSA) is 94.1 Å². The monoisotopic (exact) mass is 290 g/mol. The van der Waals surface area contributed by atoms with E-state index in [-0.39, 0.29) is 11.6 Å². The minimum atomic E-state index is -0.438. The second-order valence-corrected chi connectivity index (χ2v) is 5.09. The predicted octanol–water partition coefficient (Wildman–Crippen LogP) is 2.49. The van der Waals surface area contributed by atoms with Gasteiger partial charge in [0.05, 0.1) is 4.92 Å². The van der Waals surface area contributed by atoms with Gasteiger partial charge in [0.1, 0.15) is 5.56 Å². The first-order valence-corrected chi connectivity index (χ1v) is 6.79. The molecular formula is C14H18N4O3. The first-order valence-electron chi connectivity index (χ1n) is 6.79. The van der Waals surface area contributed by atoms with Crippen LogP contribution in [0.3, 0.4) is 0 Å². The van der Waals surface area contributed by atoms with Gasteiger partial charge in [-0.25, -0.2) is 0 Å². The van der Waals surface area contributed by atoms with Gasteiger partial charge in [-0.05, 0) is 12.5 Å². The Morgan fingerprint density at radius 1 is 1.38 bits per heavy atom. The molecule has 0 saturated carbocycles. The molecule has 2 rings (SSSR count). The lowest BCUT2D eigenvalue weighted by atomic mass is 10.1. The minimum Gasteiger partial charge on any atom is -0.420 e. The summed E-state index contributed by atoms with van der Waals surface area (Å²) >= 11 is 0. The Labute approximate surface area is 122 Å². The molecule has 1 aromatic carbocycles. The molecule has 1 heterocycles. The van der Waals surface area contributed by atoms with Crippen LogP contribution in [0.5, 0.6) is 0 Å². The van der Waals surface area contributed by atoms with Gasteiger partial charge in [-0.1, -0.05) is 26.0 Å². The van der Waals surface area contributed by atoms with Crippen molar-refractivity contribution in [2.75, 3.05) is 6.54 Å². The van der Waals surface area contributed by atoms with Crippen molar-refractivity contribution in [3.05, 3.63) is 39.8 Å². The zero-order valence-electron chi connectivity index (χ0n) is 12.3. The average molecular weight is 290 g/mol. The zero-order valence-corrected chi connectivity index (χ0v) is 12.3. The van der Waals surface area contributed by atoms with Crippen molar-refractivity contribution < 1.29 is 9.34 Å². The fourth-order valence-corrected chi connectivity index (χ4v) is 2.01. The van der Waals surface area contributed by atoms with Gasteiger partial charge >= 0.3 is 0 Å². The first-order chi connectivity index (χ1) is 9.99. The number of rotatable bonds is 6. The van der Waals surface area contributed by atoms with E-state index < -0.39 is 4.92 Å². The van der Waals surface area contributed by atoms with Crippen molar-refractivity contribution in [3.8, 4) is 11.5 Å². The van der Waals surface area contributed by atoms with E-state index in [0.717, 1.165) is 12.1 Å². The molecule has 0 amide bonds. The highest BCUT2D eigenvalue weighted by Gasteiger charge is 2.22. The number of hydrogen-bond donors (Lipinski definition) is 1. The Kier molecular flexibility index (Phi) is 4.64. The molecule has 7 heteroatoms. The fraction of sp³-hybridized carbons (Fsp3) is 0.429. The summed E-state index contributed by atoms with van der Waals surface area (Å²) in [5.41, 5.74) is 1.10. The molecule has 2 aromatic rings. The number of aryl methyl sites for hydroxylation is 1. The predicted molar refractivity (Wildman–Crippen MR) is 78.0 cm³/mol. The number of nitro groups is 1. The normalized spacial score (nSPS) is 11.0. The van der Waals surface area contributed by atoms with E-state index in [2.05, 4.69) is 29.4 Å². The van der Waals surface area contributed by atoms with Crippen LogP contribution >= 0.6 is 0 Å². The van der Waals surface area contributed by atoms with Crippen molar-refractivity contribution in [1.82, 2.24) is 15.5 Å². The van der Waals surface area contributed by atoms with Gasteiger partial charge in [0.2, 0.25) is 5.89 Å². The van der Waals surface area contributed by atoms with Crippen LogP contribution in [0.2, 0.25) is 0 Å². The number of nitro benzene ring substituents is 1. The molecule has 112 valence electrons. The van der Waals surface area contributed by atoms with E-state index in [1.54, 1.807) is 19.1 Å². The maximum Gasteiger partial charge on any atom is 0.282 e. The number of nitrogens with one attached hydrogen (secondary N) is 1. The maximum atomic E-state index is 11.1. The molecule has 0 aliphatic heterocycles. The Morgan fingerprint density at radius 3 is 2.81 bits per heavy atom. The molecule has 0 saturated heterocycles. The molecule has 0 bridgehead atoms. The van der Waals surface area contributed by atoms with Gasteiger partial charge in [0, 0.05) is 25.1 Å². The smallest absolute Gasteiger partial charge is 0.282 e. The molecule has 7 nitrogen and oxygen atoms in total. The molecule has 21 heavy (non-hydrogen) atoms. The summed E-state index contributed by atoms with van der Waals surface area (Å²) in [6, 6.07) is 5.24. The summed E-state index contributed by atoms with van der Waals surface area (Å²) in [6.07, 6.45) is 0.588.